The molecule has 0 radical (unpaired) electrons. The molecular weight excluding hydrogens is 342 g/mol. The van der Waals surface area contributed by atoms with E-state index in [0.717, 1.165) is 29.7 Å². The lowest BCUT2D eigenvalue weighted by molar-refractivity contribution is -0.116. The van der Waals surface area contributed by atoms with E-state index in [9.17, 15) is 4.79 Å². The first-order chi connectivity index (χ1) is 9.63. The fourth-order valence-electron chi connectivity index (χ4n) is 2.38. The van der Waals surface area contributed by atoms with Crippen LogP contribution in [0.2, 0.25) is 0 Å². The summed E-state index contributed by atoms with van der Waals surface area (Å²) in [5.74, 6) is 0.782. The third kappa shape index (κ3) is 2.76. The van der Waals surface area contributed by atoms with Gasteiger partial charge in [0.05, 0.1) is 0 Å². The van der Waals surface area contributed by atoms with Gasteiger partial charge in [-0.2, -0.15) is 0 Å². The number of anilines is 1. The van der Waals surface area contributed by atoms with Crippen molar-refractivity contribution in [1.82, 2.24) is 0 Å². The van der Waals surface area contributed by atoms with Crippen LogP contribution in [0.15, 0.2) is 39.4 Å². The van der Waals surface area contributed by atoms with Gasteiger partial charge in [-0.25, -0.2) is 0 Å². The van der Waals surface area contributed by atoms with E-state index in [4.69, 9.17) is 16.0 Å². The molecule has 0 aliphatic carbocycles. The van der Waals surface area contributed by atoms with E-state index in [2.05, 4.69) is 27.3 Å². The summed E-state index contributed by atoms with van der Waals surface area (Å²) in [6.07, 6.45) is 2.31. The lowest BCUT2D eigenvalue weighted by Gasteiger charge is -2.12. The molecule has 1 atom stereocenters. The minimum atomic E-state index is -0.328. The molecule has 0 spiro atoms. The molecule has 0 saturated heterocycles. The van der Waals surface area contributed by atoms with Gasteiger partial charge in [-0.05, 0) is 58.1 Å². The van der Waals surface area contributed by atoms with Crippen LogP contribution in [0, 0.1) is 0 Å². The van der Waals surface area contributed by atoms with E-state index < -0.39 is 0 Å². The monoisotopic (exact) mass is 353 g/mol. The van der Waals surface area contributed by atoms with Gasteiger partial charge in [-0.3, -0.25) is 4.79 Å². The topological polar surface area (TPSA) is 42.2 Å². The SMILES string of the molecule is O=C1CCCc2cc(C(Cl)c3ccc(Br)o3)ccc2N1. The van der Waals surface area contributed by atoms with E-state index in [0.29, 0.717) is 16.9 Å². The average Bonchev–Trinajstić information content (AvgIpc) is 2.77. The Bertz CT molecular complexity index is 653. The lowest BCUT2D eigenvalue weighted by atomic mass is 10.0. The van der Waals surface area contributed by atoms with E-state index in [1.807, 2.05) is 24.3 Å². The van der Waals surface area contributed by atoms with E-state index in [1.54, 1.807) is 0 Å². The number of furan rings is 1. The molecule has 1 aliphatic heterocycles. The van der Waals surface area contributed by atoms with Crippen LogP contribution in [0.1, 0.15) is 35.1 Å². The number of hydrogen-bond acceptors (Lipinski definition) is 2. The Hall–Kier alpha value is -1.26. The quantitative estimate of drug-likeness (QED) is 0.798. The predicted molar refractivity (Wildman–Crippen MR) is 82.1 cm³/mol. The Kier molecular flexibility index (Phi) is 3.85. The largest absolute Gasteiger partial charge is 0.452 e. The fraction of sp³-hybridized carbons (Fsp3) is 0.267. The van der Waals surface area contributed by atoms with Crippen molar-refractivity contribution in [2.24, 2.45) is 0 Å². The number of rotatable bonds is 2. The molecule has 1 aromatic heterocycles. The van der Waals surface area contributed by atoms with Crippen LogP contribution >= 0.6 is 27.5 Å². The lowest BCUT2D eigenvalue weighted by Crippen LogP contribution is -2.09. The highest BCUT2D eigenvalue weighted by Crippen LogP contribution is 2.34. The highest BCUT2D eigenvalue weighted by atomic mass is 79.9. The molecule has 5 heteroatoms. The van der Waals surface area contributed by atoms with Gasteiger partial charge in [0, 0.05) is 12.1 Å². The zero-order valence-electron chi connectivity index (χ0n) is 10.7. The molecule has 2 heterocycles. The van der Waals surface area contributed by atoms with Crippen LogP contribution in [0.5, 0.6) is 0 Å². The Balaban J connectivity index is 1.92. The Morgan fingerprint density at radius 2 is 2.10 bits per heavy atom. The Morgan fingerprint density at radius 3 is 2.85 bits per heavy atom. The van der Waals surface area contributed by atoms with Crippen molar-refractivity contribution in [2.45, 2.75) is 24.6 Å². The number of carbonyl (C=O) groups is 1. The van der Waals surface area contributed by atoms with Crippen molar-refractivity contribution < 1.29 is 9.21 Å². The Labute approximate surface area is 130 Å². The second kappa shape index (κ2) is 5.62. The molecule has 104 valence electrons. The molecular formula is C15H13BrClNO2. The first-order valence-electron chi connectivity index (χ1n) is 6.45. The predicted octanol–water partition coefficient (Wildman–Crippen LogP) is 4.65. The number of halogens is 2. The van der Waals surface area contributed by atoms with Crippen molar-refractivity contribution in [1.29, 1.82) is 0 Å². The molecule has 0 fully saturated rings. The van der Waals surface area contributed by atoms with Crippen LogP contribution < -0.4 is 5.32 Å². The molecule has 1 amide bonds. The summed E-state index contributed by atoms with van der Waals surface area (Å²) in [7, 11) is 0. The molecule has 20 heavy (non-hydrogen) atoms. The van der Waals surface area contributed by atoms with Gasteiger partial charge in [0.2, 0.25) is 5.91 Å². The number of benzene rings is 1. The molecule has 1 aliphatic rings. The summed E-state index contributed by atoms with van der Waals surface area (Å²) in [4.78, 5) is 11.5. The standard InChI is InChI=1S/C15H13BrClNO2/c16-13-7-6-12(20-13)15(17)10-4-5-11-9(8-10)2-1-3-14(19)18-11/h4-8,15H,1-3H2,(H,18,19). The normalized spacial score (nSPS) is 16.2. The summed E-state index contributed by atoms with van der Waals surface area (Å²) in [6.45, 7) is 0. The third-order valence-electron chi connectivity index (χ3n) is 3.39. The van der Waals surface area contributed by atoms with Crippen molar-refractivity contribution in [3.8, 4) is 0 Å². The highest BCUT2D eigenvalue weighted by Gasteiger charge is 2.18. The second-order valence-electron chi connectivity index (χ2n) is 4.82. The smallest absolute Gasteiger partial charge is 0.224 e. The molecule has 2 aromatic rings. The van der Waals surface area contributed by atoms with Gasteiger partial charge in [0.25, 0.3) is 0 Å². The third-order valence-corrected chi connectivity index (χ3v) is 4.28. The first kappa shape index (κ1) is 13.7. The van der Waals surface area contributed by atoms with Gasteiger partial charge in [-0.1, -0.05) is 12.1 Å². The van der Waals surface area contributed by atoms with Crippen molar-refractivity contribution in [3.05, 3.63) is 51.9 Å². The van der Waals surface area contributed by atoms with Crippen LogP contribution in [-0.2, 0) is 11.2 Å². The minimum Gasteiger partial charge on any atom is -0.452 e. The van der Waals surface area contributed by atoms with Gasteiger partial charge in [-0.15, -0.1) is 11.6 Å². The van der Waals surface area contributed by atoms with Gasteiger partial charge >= 0.3 is 0 Å². The molecule has 1 unspecified atom stereocenters. The van der Waals surface area contributed by atoms with Gasteiger partial charge in [0.1, 0.15) is 11.1 Å². The Morgan fingerprint density at radius 1 is 1.25 bits per heavy atom. The number of alkyl halides is 1. The molecule has 1 aromatic carbocycles. The molecule has 0 saturated carbocycles. The van der Waals surface area contributed by atoms with Crippen LogP contribution in [0.4, 0.5) is 5.69 Å². The number of aryl methyl sites for hydroxylation is 1. The molecule has 0 bridgehead atoms. The summed E-state index contributed by atoms with van der Waals surface area (Å²) in [5.41, 5.74) is 2.99. The maximum Gasteiger partial charge on any atom is 0.224 e. The second-order valence-corrected chi connectivity index (χ2v) is 6.04. The first-order valence-corrected chi connectivity index (χ1v) is 7.68. The van der Waals surface area contributed by atoms with Gasteiger partial charge in [0.15, 0.2) is 4.67 Å². The highest BCUT2D eigenvalue weighted by molar-refractivity contribution is 9.10. The zero-order valence-corrected chi connectivity index (χ0v) is 13.0. The number of nitrogens with one attached hydrogen (secondary N) is 1. The van der Waals surface area contributed by atoms with E-state index in [1.165, 1.54) is 0 Å². The maximum atomic E-state index is 11.5. The summed E-state index contributed by atoms with van der Waals surface area (Å²) < 4.78 is 6.17. The molecule has 1 N–H and O–H groups in total. The van der Waals surface area contributed by atoms with Gasteiger partial charge < -0.3 is 9.73 Å². The van der Waals surface area contributed by atoms with Crippen LogP contribution in [0.25, 0.3) is 0 Å². The molecule has 3 rings (SSSR count). The number of fused-ring (bicyclic) bond motifs is 1. The van der Waals surface area contributed by atoms with Crippen molar-refractivity contribution >= 4 is 39.1 Å². The van der Waals surface area contributed by atoms with E-state index >= 15 is 0 Å². The van der Waals surface area contributed by atoms with Crippen molar-refractivity contribution in [2.75, 3.05) is 5.32 Å². The number of hydrogen-bond donors (Lipinski definition) is 1. The van der Waals surface area contributed by atoms with Crippen LogP contribution in [0.3, 0.4) is 0 Å². The number of carbonyl (C=O) groups excluding carboxylic acids is 1. The summed E-state index contributed by atoms with van der Waals surface area (Å²) in [5, 5.41) is 2.59. The maximum absolute atomic E-state index is 11.5. The minimum absolute atomic E-state index is 0.0777. The van der Waals surface area contributed by atoms with Crippen molar-refractivity contribution in [3.63, 3.8) is 0 Å². The number of amides is 1. The zero-order chi connectivity index (χ0) is 14.1. The average molecular weight is 355 g/mol. The summed E-state index contributed by atoms with van der Waals surface area (Å²) in [6, 6.07) is 9.58. The molecule has 3 nitrogen and oxygen atoms in total. The van der Waals surface area contributed by atoms with E-state index in [-0.39, 0.29) is 11.3 Å². The van der Waals surface area contributed by atoms with Crippen LogP contribution in [-0.4, -0.2) is 5.91 Å². The summed E-state index contributed by atoms with van der Waals surface area (Å²) >= 11 is 9.73. The fourth-order valence-corrected chi connectivity index (χ4v) is 2.95.